The van der Waals surface area contributed by atoms with Crippen molar-refractivity contribution in [3.63, 3.8) is 0 Å². The van der Waals surface area contributed by atoms with Crippen molar-refractivity contribution in [2.75, 3.05) is 4.90 Å². The van der Waals surface area contributed by atoms with Gasteiger partial charge in [-0.3, -0.25) is 0 Å². The molecule has 0 saturated heterocycles. The summed E-state index contributed by atoms with van der Waals surface area (Å²) in [6, 6.07) is 21.7. The second-order valence-electron chi connectivity index (χ2n) is 6.80. The van der Waals surface area contributed by atoms with E-state index in [2.05, 4.69) is 83.8 Å². The Morgan fingerprint density at radius 3 is 2.42 bits per heavy atom. The molecule has 5 rings (SSSR count). The van der Waals surface area contributed by atoms with Crippen LogP contribution >= 0.6 is 11.6 Å². The van der Waals surface area contributed by atoms with E-state index in [1.807, 2.05) is 12.1 Å². The summed E-state index contributed by atoms with van der Waals surface area (Å²) in [5.74, 6) is 0. The Morgan fingerprint density at radius 1 is 0.846 bits per heavy atom. The number of nitrogens with zero attached hydrogens (tertiary/aromatic N) is 1. The van der Waals surface area contributed by atoms with Crippen LogP contribution in [0.2, 0.25) is 5.02 Å². The molecule has 1 nitrogen and oxygen atoms in total. The molecule has 3 aromatic rings. The Bertz CT molecular complexity index is 1070. The Hall–Kier alpha value is -2.77. The summed E-state index contributed by atoms with van der Waals surface area (Å²) < 4.78 is 0. The van der Waals surface area contributed by atoms with Crippen LogP contribution < -0.4 is 4.90 Å². The quantitative estimate of drug-likeness (QED) is 0.488. The molecule has 1 aliphatic heterocycles. The Kier molecular flexibility index (Phi) is 3.69. The van der Waals surface area contributed by atoms with E-state index in [1.54, 1.807) is 0 Å². The summed E-state index contributed by atoms with van der Waals surface area (Å²) in [7, 11) is 0. The predicted octanol–water partition coefficient (Wildman–Crippen LogP) is 6.39. The Balaban J connectivity index is 1.71. The van der Waals surface area contributed by atoms with Gasteiger partial charge in [0.05, 0.1) is 6.04 Å². The van der Waals surface area contributed by atoms with E-state index in [0.717, 1.165) is 11.6 Å². The van der Waals surface area contributed by atoms with Gasteiger partial charge < -0.3 is 4.90 Å². The second kappa shape index (κ2) is 6.19. The molecule has 0 radical (unpaired) electrons. The third kappa shape index (κ3) is 2.56. The highest BCUT2D eigenvalue weighted by Gasteiger charge is 2.29. The average molecular weight is 356 g/mol. The smallest absolute Gasteiger partial charge is 0.0739 e. The van der Waals surface area contributed by atoms with E-state index >= 15 is 0 Å². The van der Waals surface area contributed by atoms with E-state index in [4.69, 9.17) is 11.6 Å². The highest BCUT2D eigenvalue weighted by atomic mass is 35.5. The highest BCUT2D eigenvalue weighted by Crippen LogP contribution is 2.39. The summed E-state index contributed by atoms with van der Waals surface area (Å²) in [6.45, 7) is 0.883. The van der Waals surface area contributed by atoms with Gasteiger partial charge >= 0.3 is 0 Å². The van der Waals surface area contributed by atoms with Crippen molar-refractivity contribution in [1.82, 2.24) is 0 Å². The molecular formula is C24H18ClN. The number of rotatable bonds is 1. The molecular weight excluding hydrogens is 338 g/mol. The summed E-state index contributed by atoms with van der Waals surface area (Å²) >= 11 is 6.11. The van der Waals surface area contributed by atoms with Crippen molar-refractivity contribution in [3.05, 3.63) is 107 Å². The highest BCUT2D eigenvalue weighted by molar-refractivity contribution is 6.30. The van der Waals surface area contributed by atoms with Gasteiger partial charge in [0.1, 0.15) is 0 Å². The third-order valence-corrected chi connectivity index (χ3v) is 5.48. The van der Waals surface area contributed by atoms with E-state index in [-0.39, 0.29) is 6.04 Å². The zero-order chi connectivity index (χ0) is 17.5. The summed E-state index contributed by atoms with van der Waals surface area (Å²) in [4.78, 5) is 2.45. The first kappa shape index (κ1) is 15.5. The van der Waals surface area contributed by atoms with Gasteiger partial charge in [0.2, 0.25) is 0 Å². The van der Waals surface area contributed by atoms with Crippen LogP contribution in [0.4, 0.5) is 5.69 Å². The van der Waals surface area contributed by atoms with Gasteiger partial charge in [-0.25, -0.2) is 0 Å². The van der Waals surface area contributed by atoms with Gasteiger partial charge in [0.15, 0.2) is 0 Å². The molecule has 2 heteroatoms. The van der Waals surface area contributed by atoms with E-state index in [1.165, 1.54) is 33.2 Å². The first-order valence-corrected chi connectivity index (χ1v) is 9.27. The van der Waals surface area contributed by atoms with Gasteiger partial charge in [0.25, 0.3) is 0 Å². The van der Waals surface area contributed by atoms with Crippen LogP contribution in [-0.4, -0.2) is 6.04 Å². The molecule has 1 aliphatic carbocycles. The maximum atomic E-state index is 6.11. The number of anilines is 1. The number of allylic oxidation sites excluding steroid dienone is 4. The second-order valence-corrected chi connectivity index (χ2v) is 7.23. The SMILES string of the molecule is Clc1ccc(N2Cc3cc4ccccc4cc3C3=CC=CC=CC32)cc1. The van der Waals surface area contributed by atoms with Crippen LogP contribution in [0.25, 0.3) is 16.3 Å². The standard InChI is InChI=1S/C24H18ClN/c25-20-10-12-21(13-11-20)26-16-19-14-17-6-4-5-7-18(17)15-23(19)22-8-2-1-3-9-24(22)26/h1-15,24H,16H2. The minimum absolute atomic E-state index is 0.222. The van der Waals surface area contributed by atoms with Crippen LogP contribution in [0, 0.1) is 0 Å². The fraction of sp³-hybridized carbons (Fsp3) is 0.0833. The minimum atomic E-state index is 0.222. The van der Waals surface area contributed by atoms with Gasteiger partial charge in [-0.05, 0) is 63.9 Å². The molecule has 0 fully saturated rings. The Labute approximate surface area is 158 Å². The lowest BCUT2D eigenvalue weighted by Gasteiger charge is -2.39. The van der Waals surface area contributed by atoms with Crippen LogP contribution in [-0.2, 0) is 6.54 Å². The molecule has 0 spiro atoms. The molecule has 2 aliphatic rings. The lowest BCUT2D eigenvalue weighted by Crippen LogP contribution is -2.38. The van der Waals surface area contributed by atoms with Crippen LogP contribution in [0.15, 0.2) is 91.0 Å². The average Bonchev–Trinajstić information content (AvgIpc) is 2.93. The maximum absolute atomic E-state index is 6.11. The monoisotopic (exact) mass is 355 g/mol. The molecule has 0 saturated carbocycles. The Morgan fingerprint density at radius 2 is 1.62 bits per heavy atom. The molecule has 0 amide bonds. The number of hydrogen-bond donors (Lipinski definition) is 0. The lowest BCUT2D eigenvalue weighted by atomic mass is 9.86. The normalized spacial score (nSPS) is 18.3. The van der Waals surface area contributed by atoms with Crippen molar-refractivity contribution in [3.8, 4) is 0 Å². The first-order valence-electron chi connectivity index (χ1n) is 8.89. The predicted molar refractivity (Wildman–Crippen MR) is 112 cm³/mol. The van der Waals surface area contributed by atoms with Crippen LogP contribution in [0.3, 0.4) is 0 Å². The lowest BCUT2D eigenvalue weighted by molar-refractivity contribution is 0.767. The summed E-state index contributed by atoms with van der Waals surface area (Å²) in [5, 5.41) is 3.36. The first-order chi connectivity index (χ1) is 12.8. The number of fused-ring (bicyclic) bond motifs is 4. The minimum Gasteiger partial charge on any atom is -0.357 e. The van der Waals surface area contributed by atoms with E-state index < -0.39 is 0 Å². The van der Waals surface area contributed by atoms with Crippen molar-refractivity contribution in [2.24, 2.45) is 0 Å². The van der Waals surface area contributed by atoms with Crippen molar-refractivity contribution in [1.29, 1.82) is 0 Å². The summed E-state index contributed by atoms with van der Waals surface area (Å²) in [5.41, 5.74) is 5.26. The van der Waals surface area contributed by atoms with E-state index in [9.17, 15) is 0 Å². The number of benzene rings is 3. The molecule has 1 unspecified atom stereocenters. The fourth-order valence-corrected chi connectivity index (χ4v) is 4.10. The van der Waals surface area contributed by atoms with Crippen molar-refractivity contribution in [2.45, 2.75) is 12.6 Å². The molecule has 126 valence electrons. The zero-order valence-electron chi connectivity index (χ0n) is 14.3. The molecule has 1 atom stereocenters. The molecule has 0 aromatic heterocycles. The number of halogens is 1. The van der Waals surface area contributed by atoms with Crippen molar-refractivity contribution < 1.29 is 0 Å². The van der Waals surface area contributed by atoms with Gasteiger partial charge in [-0.1, -0.05) is 66.2 Å². The molecule has 26 heavy (non-hydrogen) atoms. The van der Waals surface area contributed by atoms with E-state index in [0.29, 0.717) is 0 Å². The molecule has 0 N–H and O–H groups in total. The largest absolute Gasteiger partial charge is 0.357 e. The molecule has 3 aromatic carbocycles. The van der Waals surface area contributed by atoms with Gasteiger partial charge in [-0.2, -0.15) is 0 Å². The van der Waals surface area contributed by atoms with Gasteiger partial charge in [0, 0.05) is 17.3 Å². The summed E-state index contributed by atoms with van der Waals surface area (Å²) in [6.07, 6.45) is 10.9. The maximum Gasteiger partial charge on any atom is 0.0739 e. The third-order valence-electron chi connectivity index (χ3n) is 5.23. The zero-order valence-corrected chi connectivity index (χ0v) is 15.0. The van der Waals surface area contributed by atoms with Crippen LogP contribution in [0.5, 0.6) is 0 Å². The van der Waals surface area contributed by atoms with Gasteiger partial charge in [-0.15, -0.1) is 0 Å². The van der Waals surface area contributed by atoms with Crippen LogP contribution in [0.1, 0.15) is 11.1 Å². The molecule has 0 bridgehead atoms. The fourth-order valence-electron chi connectivity index (χ4n) is 3.97. The topological polar surface area (TPSA) is 3.24 Å². The molecule has 1 heterocycles. The van der Waals surface area contributed by atoms with Crippen molar-refractivity contribution >= 4 is 33.6 Å². The number of hydrogen-bond acceptors (Lipinski definition) is 1.